The second kappa shape index (κ2) is 5.63. The van der Waals surface area contributed by atoms with E-state index in [1.807, 2.05) is 6.07 Å². The van der Waals surface area contributed by atoms with E-state index in [0.29, 0.717) is 11.3 Å². The number of carboxylic acids is 1. The fraction of sp³-hybridized carbons (Fsp3) is 0. The summed E-state index contributed by atoms with van der Waals surface area (Å²) >= 11 is 0. The zero-order valence-electron chi connectivity index (χ0n) is 10.2. The molecule has 2 aromatic rings. The van der Waals surface area contributed by atoms with Crippen LogP contribution < -0.4 is 5.32 Å². The zero-order valence-corrected chi connectivity index (χ0v) is 10.2. The minimum atomic E-state index is -1.10. The summed E-state index contributed by atoms with van der Waals surface area (Å²) in [4.78, 5) is 26.3. The Hall–Kier alpha value is -3.20. The quantitative estimate of drug-likeness (QED) is 0.884. The Morgan fingerprint density at radius 2 is 1.85 bits per heavy atom. The lowest BCUT2D eigenvalue weighted by Crippen LogP contribution is -2.14. The number of nitrogens with zero attached hydrogens (tertiary/aromatic N) is 2. The number of aromatic nitrogens is 1. The summed E-state index contributed by atoms with van der Waals surface area (Å²) in [5.41, 5.74) is 1.14. The lowest BCUT2D eigenvalue weighted by atomic mass is 10.2. The first-order chi connectivity index (χ1) is 9.60. The standard InChI is InChI=1S/C14H9N3O3/c15-7-9-1-4-11(5-2-9)17-13(18)12-6-3-10(8-16-12)14(19)20/h1-6,8H,(H,17,18)(H,19,20). The normalized spacial score (nSPS) is 9.55. The van der Waals surface area contributed by atoms with Crippen molar-refractivity contribution in [1.29, 1.82) is 5.26 Å². The minimum Gasteiger partial charge on any atom is -0.478 e. The number of nitrogens with one attached hydrogen (secondary N) is 1. The van der Waals surface area contributed by atoms with Crippen LogP contribution in [0.2, 0.25) is 0 Å². The van der Waals surface area contributed by atoms with Crippen molar-refractivity contribution in [3.63, 3.8) is 0 Å². The summed E-state index contributed by atoms with van der Waals surface area (Å²) < 4.78 is 0. The number of pyridine rings is 1. The molecule has 20 heavy (non-hydrogen) atoms. The Morgan fingerprint density at radius 3 is 2.35 bits per heavy atom. The molecule has 0 spiro atoms. The predicted octanol–water partition coefficient (Wildman–Crippen LogP) is 1.90. The van der Waals surface area contributed by atoms with Gasteiger partial charge in [0.05, 0.1) is 17.2 Å². The van der Waals surface area contributed by atoms with Gasteiger partial charge in [-0.05, 0) is 36.4 Å². The fourth-order valence-electron chi connectivity index (χ4n) is 1.48. The molecule has 0 aliphatic carbocycles. The van der Waals surface area contributed by atoms with Gasteiger partial charge in [-0.25, -0.2) is 4.79 Å². The van der Waals surface area contributed by atoms with Crippen LogP contribution >= 0.6 is 0 Å². The van der Waals surface area contributed by atoms with Crippen molar-refractivity contribution >= 4 is 17.6 Å². The third-order valence-electron chi connectivity index (χ3n) is 2.51. The molecule has 1 amide bonds. The molecule has 0 aliphatic rings. The number of carbonyl (C=O) groups excluding carboxylic acids is 1. The molecule has 1 heterocycles. The molecule has 0 bridgehead atoms. The SMILES string of the molecule is N#Cc1ccc(NC(=O)c2ccc(C(=O)O)cn2)cc1. The molecule has 98 valence electrons. The molecule has 6 heteroatoms. The first kappa shape index (κ1) is 13.2. The molecule has 2 N–H and O–H groups in total. The van der Waals surface area contributed by atoms with E-state index in [1.165, 1.54) is 12.1 Å². The summed E-state index contributed by atoms with van der Waals surface area (Å²) in [6, 6.07) is 11.0. The molecule has 0 fully saturated rings. The number of benzene rings is 1. The lowest BCUT2D eigenvalue weighted by Gasteiger charge is -2.04. The van der Waals surface area contributed by atoms with E-state index in [1.54, 1.807) is 24.3 Å². The van der Waals surface area contributed by atoms with Crippen molar-refractivity contribution < 1.29 is 14.7 Å². The number of carboxylic acid groups (broad SMARTS) is 1. The van der Waals surface area contributed by atoms with E-state index in [9.17, 15) is 9.59 Å². The molecule has 0 unspecified atom stereocenters. The number of rotatable bonds is 3. The van der Waals surface area contributed by atoms with E-state index < -0.39 is 11.9 Å². The summed E-state index contributed by atoms with van der Waals surface area (Å²) in [6.07, 6.45) is 1.12. The highest BCUT2D eigenvalue weighted by Gasteiger charge is 2.09. The minimum absolute atomic E-state index is 0.0138. The van der Waals surface area contributed by atoms with Crippen molar-refractivity contribution in [3.05, 3.63) is 59.4 Å². The Bertz CT molecular complexity index is 685. The number of amides is 1. The van der Waals surface area contributed by atoms with Gasteiger partial charge in [0.2, 0.25) is 0 Å². The lowest BCUT2D eigenvalue weighted by molar-refractivity contribution is 0.0696. The van der Waals surface area contributed by atoms with Gasteiger partial charge in [0, 0.05) is 11.9 Å². The maximum Gasteiger partial charge on any atom is 0.337 e. The molecule has 6 nitrogen and oxygen atoms in total. The van der Waals surface area contributed by atoms with E-state index in [0.717, 1.165) is 6.20 Å². The fourth-order valence-corrected chi connectivity index (χ4v) is 1.48. The summed E-state index contributed by atoms with van der Waals surface area (Å²) in [7, 11) is 0. The highest BCUT2D eigenvalue weighted by atomic mass is 16.4. The smallest absolute Gasteiger partial charge is 0.337 e. The van der Waals surface area contributed by atoms with Gasteiger partial charge in [-0.2, -0.15) is 5.26 Å². The maximum absolute atomic E-state index is 11.9. The first-order valence-corrected chi connectivity index (χ1v) is 5.61. The van der Waals surface area contributed by atoms with Crippen molar-refractivity contribution in [1.82, 2.24) is 4.98 Å². The third kappa shape index (κ3) is 2.97. The van der Waals surface area contributed by atoms with Crippen molar-refractivity contribution in [2.45, 2.75) is 0 Å². The number of hydrogen-bond donors (Lipinski definition) is 2. The van der Waals surface area contributed by atoms with Crippen LogP contribution in [0.5, 0.6) is 0 Å². The van der Waals surface area contributed by atoms with Crippen LogP contribution in [0.3, 0.4) is 0 Å². The number of aromatic carboxylic acids is 1. The summed E-state index contributed by atoms with van der Waals surface area (Å²) in [5.74, 6) is -1.55. The van der Waals surface area contributed by atoms with Crippen LogP contribution in [0.15, 0.2) is 42.6 Å². The third-order valence-corrected chi connectivity index (χ3v) is 2.51. The van der Waals surface area contributed by atoms with E-state index in [2.05, 4.69) is 10.3 Å². The highest BCUT2D eigenvalue weighted by molar-refractivity contribution is 6.03. The zero-order chi connectivity index (χ0) is 14.5. The number of nitriles is 1. The van der Waals surface area contributed by atoms with Crippen LogP contribution in [-0.2, 0) is 0 Å². The van der Waals surface area contributed by atoms with Gasteiger partial charge in [-0.1, -0.05) is 0 Å². The topological polar surface area (TPSA) is 103 Å². The van der Waals surface area contributed by atoms with E-state index in [4.69, 9.17) is 10.4 Å². The Labute approximate surface area is 114 Å². The molecule has 1 aromatic carbocycles. The van der Waals surface area contributed by atoms with Crippen molar-refractivity contribution in [3.8, 4) is 6.07 Å². The average Bonchev–Trinajstić information content (AvgIpc) is 2.48. The molecule has 0 saturated heterocycles. The summed E-state index contributed by atoms with van der Waals surface area (Å²) in [6.45, 7) is 0. The maximum atomic E-state index is 11.9. The molecule has 0 radical (unpaired) electrons. The van der Waals surface area contributed by atoms with Crippen molar-refractivity contribution in [2.75, 3.05) is 5.32 Å². The van der Waals surface area contributed by atoms with Gasteiger partial charge in [0.1, 0.15) is 5.69 Å². The van der Waals surface area contributed by atoms with E-state index >= 15 is 0 Å². The summed E-state index contributed by atoms with van der Waals surface area (Å²) in [5, 5.41) is 20.0. The molecule has 0 aliphatic heterocycles. The Morgan fingerprint density at radius 1 is 1.15 bits per heavy atom. The van der Waals surface area contributed by atoms with Gasteiger partial charge < -0.3 is 10.4 Å². The predicted molar refractivity (Wildman–Crippen MR) is 70.3 cm³/mol. The monoisotopic (exact) mass is 267 g/mol. The average molecular weight is 267 g/mol. The van der Waals surface area contributed by atoms with Crippen LogP contribution in [0.4, 0.5) is 5.69 Å². The largest absolute Gasteiger partial charge is 0.478 e. The van der Waals surface area contributed by atoms with Crippen LogP contribution in [0, 0.1) is 11.3 Å². The van der Waals surface area contributed by atoms with Crippen LogP contribution in [0.1, 0.15) is 26.4 Å². The highest BCUT2D eigenvalue weighted by Crippen LogP contribution is 2.10. The molecule has 2 rings (SSSR count). The number of anilines is 1. The van der Waals surface area contributed by atoms with Gasteiger partial charge in [-0.3, -0.25) is 9.78 Å². The van der Waals surface area contributed by atoms with Crippen LogP contribution in [0.25, 0.3) is 0 Å². The molecule has 1 aromatic heterocycles. The van der Waals surface area contributed by atoms with Crippen molar-refractivity contribution in [2.24, 2.45) is 0 Å². The molecule has 0 saturated carbocycles. The second-order valence-electron chi connectivity index (χ2n) is 3.88. The number of hydrogen-bond acceptors (Lipinski definition) is 4. The Kier molecular flexibility index (Phi) is 3.72. The van der Waals surface area contributed by atoms with Gasteiger partial charge >= 0.3 is 5.97 Å². The van der Waals surface area contributed by atoms with Gasteiger partial charge in [-0.15, -0.1) is 0 Å². The number of carbonyl (C=O) groups is 2. The first-order valence-electron chi connectivity index (χ1n) is 5.61. The molecular formula is C14H9N3O3. The van der Waals surface area contributed by atoms with E-state index in [-0.39, 0.29) is 11.3 Å². The van der Waals surface area contributed by atoms with Gasteiger partial charge in [0.15, 0.2) is 0 Å². The van der Waals surface area contributed by atoms with Gasteiger partial charge in [0.25, 0.3) is 5.91 Å². The molecule has 0 atom stereocenters. The Balaban J connectivity index is 2.11. The molecular weight excluding hydrogens is 258 g/mol. The van der Waals surface area contributed by atoms with Crippen LogP contribution in [-0.4, -0.2) is 22.0 Å². The second-order valence-corrected chi connectivity index (χ2v) is 3.88.